The van der Waals surface area contributed by atoms with E-state index in [1.165, 1.54) is 0 Å². The standard InChI is InChI=1S/C12H22N4O2/c1-6-9-13-11(18-15-9)8-16(5)7-10(17)14-12(2,3)4/h6-8H2,1-5H3,(H,14,17). The molecule has 0 aliphatic carbocycles. The number of carbonyl (C=O) groups excluding carboxylic acids is 1. The van der Waals surface area contributed by atoms with Crippen molar-refractivity contribution in [1.82, 2.24) is 20.4 Å². The Morgan fingerprint density at radius 1 is 1.44 bits per heavy atom. The molecule has 0 radical (unpaired) electrons. The molecule has 0 saturated carbocycles. The van der Waals surface area contributed by atoms with Crippen molar-refractivity contribution in [1.29, 1.82) is 0 Å². The van der Waals surface area contributed by atoms with Crippen molar-refractivity contribution in [2.45, 2.75) is 46.2 Å². The third-order valence-electron chi connectivity index (χ3n) is 2.16. The molecular weight excluding hydrogens is 232 g/mol. The Balaban J connectivity index is 2.41. The number of nitrogens with one attached hydrogen (secondary N) is 1. The quantitative estimate of drug-likeness (QED) is 0.848. The van der Waals surface area contributed by atoms with Gasteiger partial charge < -0.3 is 9.84 Å². The lowest BCUT2D eigenvalue weighted by Gasteiger charge is -2.22. The second kappa shape index (κ2) is 5.95. The summed E-state index contributed by atoms with van der Waals surface area (Å²) in [6, 6.07) is 0. The normalized spacial score (nSPS) is 11.9. The van der Waals surface area contributed by atoms with E-state index in [0.29, 0.717) is 24.8 Å². The largest absolute Gasteiger partial charge is 0.350 e. The lowest BCUT2D eigenvalue weighted by atomic mass is 10.1. The minimum absolute atomic E-state index is 0.0137. The summed E-state index contributed by atoms with van der Waals surface area (Å²) in [7, 11) is 1.85. The first kappa shape index (κ1) is 14.6. The second-order valence-electron chi connectivity index (χ2n) is 5.43. The van der Waals surface area contributed by atoms with Gasteiger partial charge in [0, 0.05) is 12.0 Å². The number of hydrogen-bond donors (Lipinski definition) is 1. The number of aromatic nitrogens is 2. The molecular formula is C12H22N4O2. The zero-order valence-corrected chi connectivity index (χ0v) is 11.8. The van der Waals surface area contributed by atoms with Crippen LogP contribution in [0.5, 0.6) is 0 Å². The topological polar surface area (TPSA) is 71.3 Å². The predicted octanol–water partition coefficient (Wildman–Crippen LogP) is 0.978. The van der Waals surface area contributed by atoms with Gasteiger partial charge in [-0.25, -0.2) is 0 Å². The van der Waals surface area contributed by atoms with E-state index in [1.807, 2.05) is 39.6 Å². The van der Waals surface area contributed by atoms with Gasteiger partial charge in [0.15, 0.2) is 5.82 Å². The number of likely N-dealkylation sites (N-methyl/N-ethyl adjacent to an activating group) is 1. The Morgan fingerprint density at radius 2 is 2.11 bits per heavy atom. The molecule has 0 aromatic carbocycles. The lowest BCUT2D eigenvalue weighted by molar-refractivity contribution is -0.123. The van der Waals surface area contributed by atoms with Crippen molar-refractivity contribution in [2.24, 2.45) is 0 Å². The van der Waals surface area contributed by atoms with E-state index in [0.717, 1.165) is 6.42 Å². The number of amides is 1. The number of aryl methyl sites for hydroxylation is 1. The van der Waals surface area contributed by atoms with Crippen LogP contribution in [0.2, 0.25) is 0 Å². The molecule has 1 N–H and O–H groups in total. The van der Waals surface area contributed by atoms with Crippen molar-refractivity contribution in [3.8, 4) is 0 Å². The Hall–Kier alpha value is -1.43. The van der Waals surface area contributed by atoms with Crippen molar-refractivity contribution in [3.63, 3.8) is 0 Å². The van der Waals surface area contributed by atoms with Crippen LogP contribution in [0.3, 0.4) is 0 Å². The highest BCUT2D eigenvalue weighted by Gasteiger charge is 2.16. The predicted molar refractivity (Wildman–Crippen MR) is 67.9 cm³/mol. The molecule has 18 heavy (non-hydrogen) atoms. The monoisotopic (exact) mass is 254 g/mol. The number of carbonyl (C=O) groups is 1. The Bertz CT molecular complexity index is 395. The van der Waals surface area contributed by atoms with Gasteiger partial charge in [-0.3, -0.25) is 9.69 Å². The number of nitrogens with zero attached hydrogens (tertiary/aromatic N) is 3. The minimum Gasteiger partial charge on any atom is -0.350 e. The maximum Gasteiger partial charge on any atom is 0.240 e. The molecule has 102 valence electrons. The van der Waals surface area contributed by atoms with Gasteiger partial charge in [0.25, 0.3) is 0 Å². The van der Waals surface area contributed by atoms with E-state index < -0.39 is 0 Å². The lowest BCUT2D eigenvalue weighted by Crippen LogP contribution is -2.45. The molecule has 1 aromatic rings. The van der Waals surface area contributed by atoms with Gasteiger partial charge in [-0.2, -0.15) is 4.98 Å². The first-order valence-corrected chi connectivity index (χ1v) is 6.11. The van der Waals surface area contributed by atoms with Crippen LogP contribution < -0.4 is 5.32 Å². The van der Waals surface area contributed by atoms with Crippen molar-refractivity contribution in [3.05, 3.63) is 11.7 Å². The number of rotatable bonds is 5. The maximum atomic E-state index is 11.7. The highest BCUT2D eigenvalue weighted by molar-refractivity contribution is 5.78. The molecule has 1 aromatic heterocycles. The minimum atomic E-state index is -0.211. The van der Waals surface area contributed by atoms with Crippen LogP contribution in [0.15, 0.2) is 4.52 Å². The zero-order chi connectivity index (χ0) is 13.8. The fourth-order valence-corrected chi connectivity index (χ4v) is 1.49. The summed E-state index contributed by atoms with van der Waals surface area (Å²) < 4.78 is 5.07. The van der Waals surface area contributed by atoms with E-state index in [1.54, 1.807) is 0 Å². The molecule has 0 atom stereocenters. The zero-order valence-electron chi connectivity index (χ0n) is 11.8. The van der Waals surface area contributed by atoms with Gasteiger partial charge in [-0.05, 0) is 27.8 Å². The van der Waals surface area contributed by atoms with Gasteiger partial charge in [0.2, 0.25) is 11.8 Å². The summed E-state index contributed by atoms with van der Waals surface area (Å²) in [5, 5.41) is 6.72. The highest BCUT2D eigenvalue weighted by Crippen LogP contribution is 2.02. The van der Waals surface area contributed by atoms with Crippen LogP contribution in [-0.4, -0.2) is 40.1 Å². The van der Waals surface area contributed by atoms with Crippen LogP contribution >= 0.6 is 0 Å². The molecule has 0 spiro atoms. The smallest absolute Gasteiger partial charge is 0.240 e. The highest BCUT2D eigenvalue weighted by atomic mass is 16.5. The average molecular weight is 254 g/mol. The molecule has 0 unspecified atom stereocenters. The summed E-state index contributed by atoms with van der Waals surface area (Å²) in [6.45, 7) is 8.62. The van der Waals surface area contributed by atoms with E-state index in [9.17, 15) is 4.79 Å². The third-order valence-corrected chi connectivity index (χ3v) is 2.16. The van der Waals surface area contributed by atoms with Gasteiger partial charge >= 0.3 is 0 Å². The van der Waals surface area contributed by atoms with Crippen LogP contribution in [0.1, 0.15) is 39.4 Å². The molecule has 6 heteroatoms. The van der Waals surface area contributed by atoms with Crippen molar-refractivity contribution in [2.75, 3.05) is 13.6 Å². The first-order chi connectivity index (χ1) is 8.30. The summed E-state index contributed by atoms with van der Waals surface area (Å²) in [5.74, 6) is 1.22. The second-order valence-corrected chi connectivity index (χ2v) is 5.43. The molecule has 1 rings (SSSR count). The van der Waals surface area contributed by atoms with Crippen molar-refractivity contribution < 1.29 is 9.32 Å². The van der Waals surface area contributed by atoms with E-state index >= 15 is 0 Å². The molecule has 1 heterocycles. The third kappa shape index (κ3) is 5.27. The fourth-order valence-electron chi connectivity index (χ4n) is 1.49. The average Bonchev–Trinajstić information content (AvgIpc) is 2.61. The summed E-state index contributed by atoms with van der Waals surface area (Å²) >= 11 is 0. The summed E-state index contributed by atoms with van der Waals surface area (Å²) in [4.78, 5) is 17.7. The van der Waals surface area contributed by atoms with Crippen LogP contribution in [0, 0.1) is 0 Å². The van der Waals surface area contributed by atoms with Crippen LogP contribution in [-0.2, 0) is 17.8 Å². The SMILES string of the molecule is CCc1noc(CN(C)CC(=O)NC(C)(C)C)n1. The molecule has 0 bridgehead atoms. The fraction of sp³-hybridized carbons (Fsp3) is 0.750. The van der Waals surface area contributed by atoms with Gasteiger partial charge in [-0.1, -0.05) is 12.1 Å². The molecule has 6 nitrogen and oxygen atoms in total. The Morgan fingerprint density at radius 3 is 2.61 bits per heavy atom. The first-order valence-electron chi connectivity index (χ1n) is 6.11. The Labute approximate surface area is 108 Å². The molecule has 1 amide bonds. The summed E-state index contributed by atoms with van der Waals surface area (Å²) in [6.07, 6.45) is 0.748. The van der Waals surface area contributed by atoms with Gasteiger partial charge in [0.05, 0.1) is 13.1 Å². The molecule has 0 fully saturated rings. The van der Waals surface area contributed by atoms with Crippen LogP contribution in [0.4, 0.5) is 0 Å². The number of hydrogen-bond acceptors (Lipinski definition) is 5. The van der Waals surface area contributed by atoms with E-state index in [2.05, 4.69) is 15.5 Å². The van der Waals surface area contributed by atoms with Crippen molar-refractivity contribution >= 4 is 5.91 Å². The molecule has 0 aliphatic heterocycles. The van der Waals surface area contributed by atoms with E-state index in [4.69, 9.17) is 4.52 Å². The van der Waals surface area contributed by atoms with Gasteiger partial charge in [-0.15, -0.1) is 0 Å². The molecule has 0 aliphatic rings. The molecule has 0 saturated heterocycles. The maximum absolute atomic E-state index is 11.7. The van der Waals surface area contributed by atoms with E-state index in [-0.39, 0.29) is 11.4 Å². The Kier molecular flexibility index (Phi) is 4.84. The van der Waals surface area contributed by atoms with Gasteiger partial charge in [0.1, 0.15) is 0 Å². The van der Waals surface area contributed by atoms with Crippen LogP contribution in [0.25, 0.3) is 0 Å². The summed E-state index contributed by atoms with van der Waals surface area (Å²) in [5.41, 5.74) is -0.211.